The van der Waals surface area contributed by atoms with Crippen molar-refractivity contribution in [3.8, 4) is 11.5 Å². The van der Waals surface area contributed by atoms with Crippen molar-refractivity contribution in [2.45, 2.75) is 24.8 Å². The molecule has 0 spiro atoms. The molecule has 2 heterocycles. The number of aliphatic hydroxyl groups excluding tert-OH is 1. The zero-order valence-electron chi connectivity index (χ0n) is 12.5. The molecule has 0 unspecified atom stereocenters. The Morgan fingerprint density at radius 3 is 2.59 bits per heavy atom. The summed E-state index contributed by atoms with van der Waals surface area (Å²) in [7, 11) is 0. The van der Waals surface area contributed by atoms with Crippen LogP contribution in [0.2, 0.25) is 0 Å². The van der Waals surface area contributed by atoms with Crippen LogP contribution in [-0.4, -0.2) is 49.6 Å². The summed E-state index contributed by atoms with van der Waals surface area (Å²) in [6.07, 6.45) is 1.52. The van der Waals surface area contributed by atoms with E-state index >= 15 is 0 Å². The minimum atomic E-state index is -0.552. The first-order chi connectivity index (χ1) is 10.7. The first-order valence-electron chi connectivity index (χ1n) is 7.59. The van der Waals surface area contributed by atoms with Gasteiger partial charge in [0.2, 0.25) is 5.91 Å². The van der Waals surface area contributed by atoms with E-state index in [9.17, 15) is 9.90 Å². The third kappa shape index (κ3) is 3.34. The van der Waals surface area contributed by atoms with E-state index in [1.807, 2.05) is 18.2 Å². The Morgan fingerprint density at radius 2 is 1.86 bits per heavy atom. The van der Waals surface area contributed by atoms with Crippen LogP contribution in [0.25, 0.3) is 0 Å². The maximum Gasteiger partial charge on any atom is 0.224 e. The number of aliphatic hydroxyl groups is 1. The summed E-state index contributed by atoms with van der Waals surface area (Å²) in [6, 6.07) is 5.53. The maximum absolute atomic E-state index is 12.3. The lowest BCUT2D eigenvalue weighted by Gasteiger charge is -2.36. The number of carbonyl (C=O) groups is 1. The Morgan fingerprint density at radius 1 is 1.14 bits per heavy atom. The average molecular weight is 307 g/mol. The number of nitrogens with one attached hydrogen (secondary N) is 1. The molecule has 1 fully saturated rings. The summed E-state index contributed by atoms with van der Waals surface area (Å²) in [6.45, 7) is 2.13. The molecule has 22 heavy (non-hydrogen) atoms. The van der Waals surface area contributed by atoms with Gasteiger partial charge in [-0.15, -0.1) is 0 Å². The summed E-state index contributed by atoms with van der Waals surface area (Å²) in [5.41, 5.74) is 0.310. The van der Waals surface area contributed by atoms with Crippen molar-refractivity contribution in [1.29, 1.82) is 0 Å². The highest BCUT2D eigenvalue weighted by Crippen LogP contribution is 2.31. The summed E-state index contributed by atoms with van der Waals surface area (Å²) in [5, 5.41) is 12.6. The lowest BCUT2D eigenvalue weighted by molar-refractivity contribution is -0.124. The van der Waals surface area contributed by atoms with E-state index in [2.05, 4.69) is 5.32 Å². The second-order valence-electron chi connectivity index (χ2n) is 5.75. The fraction of sp³-hybridized carbons (Fsp3) is 0.562. The van der Waals surface area contributed by atoms with Gasteiger partial charge in [-0.2, -0.15) is 0 Å². The third-order valence-corrected chi connectivity index (χ3v) is 4.13. The van der Waals surface area contributed by atoms with Gasteiger partial charge in [-0.1, -0.05) is 6.07 Å². The van der Waals surface area contributed by atoms with Gasteiger partial charge in [-0.05, 0) is 30.5 Å². The van der Waals surface area contributed by atoms with Gasteiger partial charge in [0.05, 0.1) is 18.6 Å². The van der Waals surface area contributed by atoms with E-state index in [0.717, 1.165) is 5.56 Å². The van der Waals surface area contributed by atoms with Crippen LogP contribution in [0.5, 0.6) is 11.5 Å². The predicted molar refractivity (Wildman–Crippen MR) is 79.1 cm³/mol. The Hall–Kier alpha value is -1.79. The SMILES string of the molecule is O=C(Cc1ccc2c(c1)OCCO2)NC1(CO)CCOCC1. The molecular weight excluding hydrogens is 286 g/mol. The number of carbonyl (C=O) groups excluding carboxylic acids is 1. The number of amides is 1. The van der Waals surface area contributed by atoms with Crippen LogP contribution in [0.3, 0.4) is 0 Å². The summed E-state index contributed by atoms with van der Waals surface area (Å²) in [5.74, 6) is 1.29. The molecule has 1 aromatic rings. The summed E-state index contributed by atoms with van der Waals surface area (Å²) < 4.78 is 16.3. The Labute approximate surface area is 129 Å². The highest BCUT2D eigenvalue weighted by molar-refractivity contribution is 5.79. The number of fused-ring (bicyclic) bond motifs is 1. The lowest BCUT2D eigenvalue weighted by atomic mass is 9.90. The molecule has 2 N–H and O–H groups in total. The van der Waals surface area contributed by atoms with Crippen LogP contribution in [0, 0.1) is 0 Å². The first kappa shape index (κ1) is 15.1. The molecular formula is C16H21NO5. The Bertz CT molecular complexity index is 539. The molecule has 3 rings (SSSR count). The van der Waals surface area contributed by atoms with E-state index in [4.69, 9.17) is 14.2 Å². The van der Waals surface area contributed by atoms with Gasteiger partial charge in [0.15, 0.2) is 11.5 Å². The van der Waals surface area contributed by atoms with Gasteiger partial charge in [0, 0.05) is 13.2 Å². The van der Waals surface area contributed by atoms with Gasteiger partial charge in [-0.3, -0.25) is 4.79 Å². The molecule has 2 aliphatic heterocycles. The van der Waals surface area contributed by atoms with Crippen LogP contribution in [-0.2, 0) is 16.0 Å². The first-order valence-corrected chi connectivity index (χ1v) is 7.59. The number of benzene rings is 1. The molecule has 1 saturated heterocycles. The molecule has 0 bridgehead atoms. The van der Waals surface area contributed by atoms with Crippen molar-refractivity contribution in [1.82, 2.24) is 5.32 Å². The molecule has 0 saturated carbocycles. The molecule has 0 aromatic heterocycles. The van der Waals surface area contributed by atoms with E-state index in [1.54, 1.807) is 0 Å². The monoisotopic (exact) mass is 307 g/mol. The van der Waals surface area contributed by atoms with Gasteiger partial charge in [0.25, 0.3) is 0 Å². The molecule has 0 aliphatic carbocycles. The molecule has 1 aromatic carbocycles. The highest BCUT2D eigenvalue weighted by atomic mass is 16.6. The fourth-order valence-electron chi connectivity index (χ4n) is 2.81. The van der Waals surface area contributed by atoms with Crippen molar-refractivity contribution in [2.75, 3.05) is 33.0 Å². The number of hydrogen-bond donors (Lipinski definition) is 2. The molecule has 6 heteroatoms. The van der Waals surface area contributed by atoms with Crippen LogP contribution in [0.15, 0.2) is 18.2 Å². The van der Waals surface area contributed by atoms with E-state index < -0.39 is 5.54 Å². The number of rotatable bonds is 4. The molecule has 6 nitrogen and oxygen atoms in total. The van der Waals surface area contributed by atoms with Crippen molar-refractivity contribution in [2.24, 2.45) is 0 Å². The van der Waals surface area contributed by atoms with E-state index in [-0.39, 0.29) is 18.9 Å². The molecule has 1 amide bonds. The van der Waals surface area contributed by atoms with Crippen molar-refractivity contribution in [3.63, 3.8) is 0 Å². The van der Waals surface area contributed by atoms with Crippen molar-refractivity contribution < 1.29 is 24.1 Å². The fourth-order valence-corrected chi connectivity index (χ4v) is 2.81. The van der Waals surface area contributed by atoms with Gasteiger partial charge in [-0.25, -0.2) is 0 Å². The molecule has 2 aliphatic rings. The zero-order chi connectivity index (χ0) is 15.4. The molecule has 0 atom stereocenters. The second-order valence-corrected chi connectivity index (χ2v) is 5.75. The standard InChI is InChI=1S/C16H21NO5/c18-11-16(3-5-20-6-4-16)17-15(19)10-12-1-2-13-14(9-12)22-8-7-21-13/h1-2,9,18H,3-8,10-11H2,(H,17,19). The zero-order valence-corrected chi connectivity index (χ0v) is 12.5. The van der Waals surface area contributed by atoms with E-state index in [1.165, 1.54) is 0 Å². The number of ether oxygens (including phenoxy) is 3. The second kappa shape index (κ2) is 6.54. The highest BCUT2D eigenvalue weighted by Gasteiger charge is 2.33. The smallest absolute Gasteiger partial charge is 0.224 e. The maximum atomic E-state index is 12.3. The Balaban J connectivity index is 1.63. The third-order valence-electron chi connectivity index (χ3n) is 4.13. The van der Waals surface area contributed by atoms with Gasteiger partial charge >= 0.3 is 0 Å². The van der Waals surface area contributed by atoms with Crippen molar-refractivity contribution >= 4 is 5.91 Å². The minimum Gasteiger partial charge on any atom is -0.486 e. The van der Waals surface area contributed by atoms with E-state index in [0.29, 0.717) is 50.8 Å². The normalized spacial score (nSPS) is 19.5. The largest absolute Gasteiger partial charge is 0.486 e. The predicted octanol–water partition coefficient (Wildman–Crippen LogP) is 0.658. The summed E-state index contributed by atoms with van der Waals surface area (Å²) in [4.78, 5) is 12.3. The average Bonchev–Trinajstić information content (AvgIpc) is 2.55. The minimum absolute atomic E-state index is 0.0662. The van der Waals surface area contributed by atoms with Gasteiger partial charge in [0.1, 0.15) is 13.2 Å². The van der Waals surface area contributed by atoms with Crippen LogP contribution in [0.4, 0.5) is 0 Å². The summed E-state index contributed by atoms with van der Waals surface area (Å²) >= 11 is 0. The van der Waals surface area contributed by atoms with Crippen LogP contribution < -0.4 is 14.8 Å². The molecule has 120 valence electrons. The van der Waals surface area contributed by atoms with Crippen LogP contribution in [0.1, 0.15) is 18.4 Å². The quantitative estimate of drug-likeness (QED) is 0.854. The van der Waals surface area contributed by atoms with Gasteiger partial charge < -0.3 is 24.6 Å². The Kier molecular flexibility index (Phi) is 4.49. The topological polar surface area (TPSA) is 77.0 Å². The number of hydrogen-bond acceptors (Lipinski definition) is 5. The lowest BCUT2D eigenvalue weighted by Crippen LogP contribution is -2.55. The molecule has 0 radical (unpaired) electrons. The van der Waals surface area contributed by atoms with Crippen LogP contribution >= 0.6 is 0 Å². The van der Waals surface area contributed by atoms with Crippen molar-refractivity contribution in [3.05, 3.63) is 23.8 Å².